The summed E-state index contributed by atoms with van der Waals surface area (Å²) in [6.07, 6.45) is 1.44. The number of nitrogens with one attached hydrogen (secondary N) is 2. The molecule has 0 spiro atoms. The molecule has 0 aromatic carbocycles. The number of likely N-dealkylation sites (tertiary alicyclic amines) is 1. The van der Waals surface area contributed by atoms with Crippen LogP contribution < -0.4 is 10.6 Å². The van der Waals surface area contributed by atoms with Crippen LogP contribution in [0.5, 0.6) is 0 Å². The van der Waals surface area contributed by atoms with Gasteiger partial charge in [-0.3, -0.25) is 9.59 Å². The molecule has 5 heteroatoms. The quantitative estimate of drug-likeness (QED) is 0.660. The van der Waals surface area contributed by atoms with Crippen LogP contribution in [-0.4, -0.2) is 49.9 Å². The molecule has 0 saturated carbocycles. The second-order valence-corrected chi connectivity index (χ2v) is 4.70. The highest BCUT2D eigenvalue weighted by atomic mass is 16.2. The molecule has 2 rings (SSSR count). The number of hydrogen-bond acceptors (Lipinski definition) is 3. The van der Waals surface area contributed by atoms with Gasteiger partial charge in [0, 0.05) is 26.1 Å². The van der Waals surface area contributed by atoms with Gasteiger partial charge in [0.05, 0.1) is 5.92 Å². The lowest BCUT2D eigenvalue weighted by molar-refractivity contribution is -0.134. The molecule has 2 amide bonds. The minimum Gasteiger partial charge on any atom is -0.355 e. The van der Waals surface area contributed by atoms with E-state index < -0.39 is 0 Å². The molecule has 0 aromatic heterocycles. The Labute approximate surface area is 95.6 Å². The number of nitrogens with zero attached hydrogens (tertiary/aromatic N) is 1. The lowest BCUT2D eigenvalue weighted by Crippen LogP contribution is -2.36. The predicted molar refractivity (Wildman–Crippen MR) is 59.7 cm³/mol. The summed E-state index contributed by atoms with van der Waals surface area (Å²) in [5.74, 6) is 0.598. The molecule has 16 heavy (non-hydrogen) atoms. The number of rotatable bonds is 3. The number of carbonyl (C=O) groups excluding carboxylic acids is 2. The minimum absolute atomic E-state index is 0.00400. The molecule has 2 fully saturated rings. The molecular weight excluding hydrogens is 206 g/mol. The van der Waals surface area contributed by atoms with E-state index in [-0.39, 0.29) is 17.7 Å². The van der Waals surface area contributed by atoms with Crippen molar-refractivity contribution < 1.29 is 9.59 Å². The second-order valence-electron chi connectivity index (χ2n) is 4.70. The molecule has 2 unspecified atom stereocenters. The molecule has 2 atom stereocenters. The molecule has 0 bridgehead atoms. The summed E-state index contributed by atoms with van der Waals surface area (Å²) in [5.41, 5.74) is 0. The van der Waals surface area contributed by atoms with E-state index in [2.05, 4.69) is 10.6 Å². The van der Waals surface area contributed by atoms with Crippen molar-refractivity contribution in [3.63, 3.8) is 0 Å². The van der Waals surface area contributed by atoms with E-state index in [4.69, 9.17) is 0 Å². The number of hydrogen-bond donors (Lipinski definition) is 2. The van der Waals surface area contributed by atoms with Crippen molar-refractivity contribution in [2.24, 2.45) is 11.8 Å². The van der Waals surface area contributed by atoms with Gasteiger partial charge in [0.1, 0.15) is 0 Å². The normalized spacial score (nSPS) is 29.6. The SMILES string of the molecule is CNCC1CCN(C(=O)C2CNC(=O)C2)C1. The highest BCUT2D eigenvalue weighted by Gasteiger charge is 2.34. The van der Waals surface area contributed by atoms with Crippen molar-refractivity contribution in [3.8, 4) is 0 Å². The van der Waals surface area contributed by atoms with Crippen LogP contribution in [0.4, 0.5) is 0 Å². The zero-order valence-corrected chi connectivity index (χ0v) is 9.66. The van der Waals surface area contributed by atoms with Crippen LogP contribution in [0.1, 0.15) is 12.8 Å². The first-order valence-corrected chi connectivity index (χ1v) is 5.90. The molecule has 2 N–H and O–H groups in total. The van der Waals surface area contributed by atoms with Crippen molar-refractivity contribution in [1.82, 2.24) is 15.5 Å². The van der Waals surface area contributed by atoms with Crippen LogP contribution in [0.3, 0.4) is 0 Å². The minimum atomic E-state index is -0.124. The molecule has 90 valence electrons. The molecule has 0 aliphatic carbocycles. The van der Waals surface area contributed by atoms with Crippen LogP contribution in [0.2, 0.25) is 0 Å². The van der Waals surface area contributed by atoms with Crippen LogP contribution in [0.15, 0.2) is 0 Å². The fourth-order valence-corrected chi connectivity index (χ4v) is 2.53. The van der Waals surface area contributed by atoms with Crippen LogP contribution >= 0.6 is 0 Å². The van der Waals surface area contributed by atoms with Crippen LogP contribution in [-0.2, 0) is 9.59 Å². The maximum Gasteiger partial charge on any atom is 0.227 e. The van der Waals surface area contributed by atoms with Gasteiger partial charge in [0.2, 0.25) is 11.8 Å². The fourth-order valence-electron chi connectivity index (χ4n) is 2.53. The smallest absolute Gasteiger partial charge is 0.227 e. The van der Waals surface area contributed by atoms with Gasteiger partial charge in [-0.05, 0) is 25.9 Å². The second kappa shape index (κ2) is 4.82. The summed E-state index contributed by atoms with van der Waals surface area (Å²) < 4.78 is 0. The summed E-state index contributed by atoms with van der Waals surface area (Å²) in [7, 11) is 1.93. The van der Waals surface area contributed by atoms with E-state index in [1.54, 1.807) is 0 Å². The Morgan fingerprint density at radius 2 is 2.44 bits per heavy atom. The molecule has 0 radical (unpaired) electrons. The van der Waals surface area contributed by atoms with Gasteiger partial charge in [-0.1, -0.05) is 0 Å². The average molecular weight is 225 g/mol. The molecule has 5 nitrogen and oxygen atoms in total. The predicted octanol–water partition coefficient (Wildman–Crippen LogP) is -0.810. The van der Waals surface area contributed by atoms with Crippen molar-refractivity contribution in [1.29, 1.82) is 0 Å². The molecule has 2 aliphatic heterocycles. The first kappa shape index (κ1) is 11.4. The van der Waals surface area contributed by atoms with Gasteiger partial charge in [0.15, 0.2) is 0 Å². The molecular formula is C11H19N3O2. The Hall–Kier alpha value is -1.10. The number of amides is 2. The third kappa shape index (κ3) is 2.35. The summed E-state index contributed by atoms with van der Waals surface area (Å²) in [6.45, 7) is 3.16. The third-order valence-corrected chi connectivity index (χ3v) is 3.42. The maximum atomic E-state index is 12.1. The highest BCUT2D eigenvalue weighted by Crippen LogP contribution is 2.20. The van der Waals surface area contributed by atoms with Gasteiger partial charge in [-0.2, -0.15) is 0 Å². The van der Waals surface area contributed by atoms with E-state index in [1.165, 1.54) is 0 Å². The Morgan fingerprint density at radius 3 is 3.06 bits per heavy atom. The third-order valence-electron chi connectivity index (χ3n) is 3.42. The Bertz CT molecular complexity index is 293. The van der Waals surface area contributed by atoms with Gasteiger partial charge >= 0.3 is 0 Å². The van der Waals surface area contributed by atoms with E-state index >= 15 is 0 Å². The summed E-state index contributed by atoms with van der Waals surface area (Å²) >= 11 is 0. The van der Waals surface area contributed by atoms with Gasteiger partial charge < -0.3 is 15.5 Å². The van der Waals surface area contributed by atoms with E-state index in [0.717, 1.165) is 26.1 Å². The number of carbonyl (C=O) groups is 2. The van der Waals surface area contributed by atoms with Crippen LogP contribution in [0.25, 0.3) is 0 Å². The Balaban J connectivity index is 1.84. The van der Waals surface area contributed by atoms with Crippen LogP contribution in [0, 0.1) is 11.8 Å². The Kier molecular flexibility index (Phi) is 3.43. The lowest BCUT2D eigenvalue weighted by Gasteiger charge is -2.19. The molecule has 2 saturated heterocycles. The van der Waals surface area contributed by atoms with Crippen molar-refractivity contribution in [2.75, 3.05) is 33.2 Å². The van der Waals surface area contributed by atoms with E-state index in [9.17, 15) is 9.59 Å². The zero-order chi connectivity index (χ0) is 11.5. The molecule has 2 heterocycles. The zero-order valence-electron chi connectivity index (χ0n) is 9.66. The van der Waals surface area contributed by atoms with Gasteiger partial charge in [-0.25, -0.2) is 0 Å². The monoisotopic (exact) mass is 225 g/mol. The highest BCUT2D eigenvalue weighted by molar-refractivity contribution is 5.89. The van der Waals surface area contributed by atoms with E-state index in [0.29, 0.717) is 18.9 Å². The topological polar surface area (TPSA) is 61.4 Å². The van der Waals surface area contributed by atoms with Crippen molar-refractivity contribution in [2.45, 2.75) is 12.8 Å². The fraction of sp³-hybridized carbons (Fsp3) is 0.818. The maximum absolute atomic E-state index is 12.1. The Morgan fingerprint density at radius 1 is 1.62 bits per heavy atom. The summed E-state index contributed by atoms with van der Waals surface area (Å²) in [6, 6.07) is 0. The molecule has 2 aliphatic rings. The summed E-state index contributed by atoms with van der Waals surface area (Å²) in [4.78, 5) is 25.0. The average Bonchev–Trinajstić information content (AvgIpc) is 2.87. The molecule has 0 aromatic rings. The largest absolute Gasteiger partial charge is 0.355 e. The van der Waals surface area contributed by atoms with Gasteiger partial charge in [-0.15, -0.1) is 0 Å². The first-order chi connectivity index (χ1) is 7.70. The summed E-state index contributed by atoms with van der Waals surface area (Å²) in [5, 5.41) is 5.85. The lowest BCUT2D eigenvalue weighted by atomic mass is 10.1. The van der Waals surface area contributed by atoms with E-state index in [1.807, 2.05) is 11.9 Å². The van der Waals surface area contributed by atoms with Crippen molar-refractivity contribution >= 4 is 11.8 Å². The van der Waals surface area contributed by atoms with Crippen molar-refractivity contribution in [3.05, 3.63) is 0 Å². The van der Waals surface area contributed by atoms with Gasteiger partial charge in [0.25, 0.3) is 0 Å². The standard InChI is InChI=1S/C11H19N3O2/c1-12-5-8-2-3-14(7-8)11(16)9-4-10(15)13-6-9/h8-9,12H,2-7H2,1H3,(H,13,15). The first-order valence-electron chi connectivity index (χ1n) is 5.90.